The zero-order valence-corrected chi connectivity index (χ0v) is 18.5. The number of imidazole rings is 1. The molecule has 1 amide bonds. The summed E-state index contributed by atoms with van der Waals surface area (Å²) in [5.41, 5.74) is -1.14. The van der Waals surface area contributed by atoms with Gasteiger partial charge in [0.25, 0.3) is 5.91 Å². The van der Waals surface area contributed by atoms with Crippen molar-refractivity contribution in [2.45, 2.75) is 13.1 Å². The third-order valence-electron chi connectivity index (χ3n) is 5.17. The molecule has 0 bridgehead atoms. The molecular weight excluding hydrogens is 463 g/mol. The maximum absolute atomic E-state index is 13.1. The summed E-state index contributed by atoms with van der Waals surface area (Å²) < 4.78 is 42.0. The zero-order chi connectivity index (χ0) is 25.3. The van der Waals surface area contributed by atoms with E-state index in [4.69, 9.17) is 0 Å². The van der Waals surface area contributed by atoms with E-state index in [1.165, 1.54) is 49.5 Å². The minimum absolute atomic E-state index is 0.0449. The number of benzene rings is 2. The van der Waals surface area contributed by atoms with Crippen molar-refractivity contribution in [1.82, 2.24) is 19.3 Å². The zero-order valence-electron chi connectivity index (χ0n) is 18.5. The SMILES string of the molecule is Cc1cc(=O)c(C(=O)Nc2ccc(C(=O)c3nccn3C)cc2)nn1-c1cccc(C(F)(F)F)c1. The maximum Gasteiger partial charge on any atom is 0.416 e. The molecule has 1 N–H and O–H groups in total. The Labute approximate surface area is 196 Å². The van der Waals surface area contributed by atoms with Crippen molar-refractivity contribution >= 4 is 17.4 Å². The fourth-order valence-corrected chi connectivity index (χ4v) is 3.39. The molecule has 0 aliphatic rings. The second-order valence-corrected chi connectivity index (χ2v) is 7.68. The van der Waals surface area contributed by atoms with Gasteiger partial charge >= 0.3 is 6.18 Å². The lowest BCUT2D eigenvalue weighted by atomic mass is 10.1. The van der Waals surface area contributed by atoms with Crippen LogP contribution in [0.25, 0.3) is 5.69 Å². The fraction of sp³-hybridized carbons (Fsp3) is 0.125. The Hall–Kier alpha value is -4.54. The number of rotatable bonds is 5. The van der Waals surface area contributed by atoms with Gasteiger partial charge in [-0.25, -0.2) is 9.67 Å². The highest BCUT2D eigenvalue weighted by Gasteiger charge is 2.30. The second-order valence-electron chi connectivity index (χ2n) is 7.68. The average molecular weight is 481 g/mol. The topological polar surface area (TPSA) is 98.9 Å². The molecule has 4 aromatic rings. The smallest absolute Gasteiger partial charge is 0.331 e. The van der Waals surface area contributed by atoms with Gasteiger partial charge in [-0.15, -0.1) is 0 Å². The predicted octanol–water partition coefficient (Wildman–Crippen LogP) is 3.78. The van der Waals surface area contributed by atoms with Crippen LogP contribution in [0.1, 0.15) is 37.9 Å². The van der Waals surface area contributed by atoms with Gasteiger partial charge in [0.05, 0.1) is 11.3 Å². The first-order valence-corrected chi connectivity index (χ1v) is 10.3. The van der Waals surface area contributed by atoms with Crippen LogP contribution in [-0.2, 0) is 13.2 Å². The van der Waals surface area contributed by atoms with E-state index in [2.05, 4.69) is 15.4 Å². The Morgan fingerprint density at radius 3 is 2.37 bits per heavy atom. The van der Waals surface area contributed by atoms with Gasteiger partial charge in [-0.3, -0.25) is 14.4 Å². The summed E-state index contributed by atoms with van der Waals surface area (Å²) >= 11 is 0. The molecule has 0 saturated carbocycles. The molecule has 0 aliphatic carbocycles. The average Bonchev–Trinajstić information content (AvgIpc) is 3.24. The van der Waals surface area contributed by atoms with Crippen LogP contribution in [0.15, 0.2) is 71.8 Å². The lowest BCUT2D eigenvalue weighted by Gasteiger charge is -2.13. The molecule has 178 valence electrons. The van der Waals surface area contributed by atoms with Crippen molar-refractivity contribution in [3.8, 4) is 5.69 Å². The van der Waals surface area contributed by atoms with Crippen molar-refractivity contribution in [2.75, 3.05) is 5.32 Å². The first kappa shape index (κ1) is 23.6. The number of aryl methyl sites for hydroxylation is 2. The summed E-state index contributed by atoms with van der Waals surface area (Å²) in [5.74, 6) is -0.903. The van der Waals surface area contributed by atoms with Gasteiger partial charge in [-0.05, 0) is 49.4 Å². The van der Waals surface area contributed by atoms with Crippen LogP contribution in [-0.4, -0.2) is 31.0 Å². The molecule has 11 heteroatoms. The molecular formula is C24H18F3N5O3. The minimum atomic E-state index is -4.56. The highest BCUT2D eigenvalue weighted by atomic mass is 19.4. The molecule has 0 unspecified atom stereocenters. The van der Waals surface area contributed by atoms with Gasteiger partial charge in [0, 0.05) is 42.5 Å². The van der Waals surface area contributed by atoms with E-state index in [-0.39, 0.29) is 23.0 Å². The lowest BCUT2D eigenvalue weighted by Crippen LogP contribution is -2.27. The van der Waals surface area contributed by atoms with Crippen molar-refractivity contribution in [3.63, 3.8) is 0 Å². The van der Waals surface area contributed by atoms with Crippen LogP contribution in [0.2, 0.25) is 0 Å². The van der Waals surface area contributed by atoms with Crippen molar-refractivity contribution in [3.05, 3.63) is 106 Å². The van der Waals surface area contributed by atoms with E-state index in [1.807, 2.05) is 0 Å². The Kier molecular flexibility index (Phi) is 6.08. The molecule has 8 nitrogen and oxygen atoms in total. The monoisotopic (exact) mass is 481 g/mol. The van der Waals surface area contributed by atoms with Gasteiger partial charge in [-0.1, -0.05) is 6.07 Å². The van der Waals surface area contributed by atoms with Crippen LogP contribution in [0.5, 0.6) is 0 Å². The van der Waals surface area contributed by atoms with Crippen molar-refractivity contribution < 1.29 is 22.8 Å². The van der Waals surface area contributed by atoms with E-state index >= 15 is 0 Å². The second kappa shape index (κ2) is 9.01. The van der Waals surface area contributed by atoms with Crippen molar-refractivity contribution in [1.29, 1.82) is 0 Å². The van der Waals surface area contributed by atoms with E-state index in [1.54, 1.807) is 17.8 Å². The number of hydrogen-bond donors (Lipinski definition) is 1. The summed E-state index contributed by atoms with van der Waals surface area (Å²) in [6.45, 7) is 1.49. The Balaban J connectivity index is 1.59. The Morgan fingerprint density at radius 2 is 1.74 bits per heavy atom. The molecule has 2 heterocycles. The van der Waals surface area contributed by atoms with Crippen LogP contribution >= 0.6 is 0 Å². The molecule has 0 atom stereocenters. The molecule has 0 fully saturated rings. The Morgan fingerprint density at radius 1 is 1.03 bits per heavy atom. The van der Waals surface area contributed by atoms with Gasteiger partial charge in [0.1, 0.15) is 0 Å². The number of nitrogens with one attached hydrogen (secondary N) is 1. The van der Waals surface area contributed by atoms with Gasteiger partial charge < -0.3 is 9.88 Å². The van der Waals surface area contributed by atoms with E-state index in [0.29, 0.717) is 11.3 Å². The number of alkyl halides is 3. The third kappa shape index (κ3) is 4.88. The standard InChI is InChI=1S/C24H18F3N5O3/c1-14-12-19(33)20(30-32(14)18-5-3-4-16(13-18)24(25,26)27)23(35)29-17-8-6-15(7-9-17)21(34)22-28-10-11-31(22)2/h3-13H,1-2H3,(H,29,35). The number of carbonyl (C=O) groups excluding carboxylic acids is 2. The third-order valence-corrected chi connectivity index (χ3v) is 5.17. The fourth-order valence-electron chi connectivity index (χ4n) is 3.39. The maximum atomic E-state index is 13.1. The summed E-state index contributed by atoms with van der Waals surface area (Å²) in [4.78, 5) is 41.7. The van der Waals surface area contributed by atoms with E-state index < -0.39 is 28.8 Å². The van der Waals surface area contributed by atoms with Gasteiger partial charge in [0.15, 0.2) is 11.5 Å². The van der Waals surface area contributed by atoms with E-state index in [0.717, 1.165) is 22.9 Å². The predicted molar refractivity (Wildman–Crippen MR) is 121 cm³/mol. The molecule has 4 rings (SSSR count). The first-order chi connectivity index (χ1) is 16.5. The first-order valence-electron chi connectivity index (χ1n) is 10.3. The molecule has 0 aliphatic heterocycles. The van der Waals surface area contributed by atoms with Crippen molar-refractivity contribution in [2.24, 2.45) is 7.05 Å². The number of amides is 1. The molecule has 2 aromatic carbocycles. The highest BCUT2D eigenvalue weighted by molar-refractivity contribution is 6.07. The summed E-state index contributed by atoms with van der Waals surface area (Å²) in [6.07, 6.45) is -1.42. The van der Waals surface area contributed by atoms with Gasteiger partial charge in [0.2, 0.25) is 11.2 Å². The van der Waals surface area contributed by atoms with E-state index in [9.17, 15) is 27.6 Å². The number of aromatic nitrogens is 4. The summed E-state index contributed by atoms with van der Waals surface area (Å²) in [6, 6.07) is 11.5. The highest BCUT2D eigenvalue weighted by Crippen LogP contribution is 2.30. The largest absolute Gasteiger partial charge is 0.416 e. The number of nitrogens with zero attached hydrogens (tertiary/aromatic N) is 4. The summed E-state index contributed by atoms with van der Waals surface area (Å²) in [5, 5.41) is 6.53. The van der Waals surface area contributed by atoms with Gasteiger partial charge in [-0.2, -0.15) is 18.3 Å². The Bertz CT molecular complexity index is 1490. The molecule has 35 heavy (non-hydrogen) atoms. The number of carbonyl (C=O) groups is 2. The normalized spacial score (nSPS) is 11.3. The number of hydrogen-bond acceptors (Lipinski definition) is 5. The van der Waals surface area contributed by atoms with Crippen LogP contribution in [0.4, 0.5) is 18.9 Å². The molecule has 0 saturated heterocycles. The van der Waals surface area contributed by atoms with Crippen LogP contribution in [0.3, 0.4) is 0 Å². The lowest BCUT2D eigenvalue weighted by molar-refractivity contribution is -0.137. The minimum Gasteiger partial charge on any atom is -0.331 e. The number of ketones is 1. The quantitative estimate of drug-likeness (QED) is 0.438. The molecule has 0 radical (unpaired) electrons. The number of anilines is 1. The molecule has 0 spiro atoms. The van der Waals surface area contributed by atoms with Crippen LogP contribution < -0.4 is 10.7 Å². The van der Waals surface area contributed by atoms with Crippen LogP contribution in [0, 0.1) is 6.92 Å². The number of halogens is 3. The summed E-state index contributed by atoms with van der Waals surface area (Å²) in [7, 11) is 1.69. The molecule has 2 aromatic heterocycles.